The first-order valence-electron chi connectivity index (χ1n) is 7.67. The molecule has 10 nitrogen and oxygen atoms in total. The van der Waals surface area contributed by atoms with Gasteiger partial charge in [-0.1, -0.05) is 0 Å². The van der Waals surface area contributed by atoms with Gasteiger partial charge in [0.15, 0.2) is 23.0 Å². The van der Waals surface area contributed by atoms with Crippen molar-refractivity contribution in [2.45, 2.75) is 0 Å². The summed E-state index contributed by atoms with van der Waals surface area (Å²) in [4.78, 5) is 22.8. The highest BCUT2D eigenvalue weighted by molar-refractivity contribution is 5.96. The Bertz CT molecular complexity index is 927. The molecular formula is C17H15N3O7. The number of hydrogen-bond acceptors (Lipinski definition) is 8. The molecule has 0 bridgehead atoms. The fourth-order valence-corrected chi connectivity index (χ4v) is 2.41. The number of nitrogens with one attached hydrogen (secondary N) is 1. The summed E-state index contributed by atoms with van der Waals surface area (Å²) in [6.07, 6.45) is 1.16. The number of nitro groups is 1. The number of hydrazone groups is 1. The number of hydrogen-bond donors (Lipinski definition) is 1. The normalized spacial score (nSPS) is 12.1. The van der Waals surface area contributed by atoms with E-state index in [4.69, 9.17) is 18.9 Å². The maximum atomic E-state index is 12.2. The van der Waals surface area contributed by atoms with Crippen LogP contribution in [0.4, 0.5) is 5.69 Å². The number of methoxy groups -OCH3 is 2. The number of nitro benzene ring substituents is 1. The van der Waals surface area contributed by atoms with E-state index in [1.807, 2.05) is 0 Å². The van der Waals surface area contributed by atoms with Crippen LogP contribution in [-0.2, 0) is 0 Å². The molecule has 0 saturated carbocycles. The van der Waals surface area contributed by atoms with E-state index >= 15 is 0 Å². The maximum Gasteiger partial charge on any atom is 0.282 e. The van der Waals surface area contributed by atoms with Crippen molar-refractivity contribution in [3.63, 3.8) is 0 Å². The standard InChI is InChI=1S/C17H15N3O7/c1-24-14-6-11(12(20(22)23)7-15(14)25-2)8-18-19-17(21)10-3-4-13-16(5-10)27-9-26-13/h3-8H,9H2,1-2H3,(H,19,21). The summed E-state index contributed by atoms with van der Waals surface area (Å²) in [5.41, 5.74) is 2.51. The zero-order chi connectivity index (χ0) is 19.4. The summed E-state index contributed by atoms with van der Waals surface area (Å²) in [6, 6.07) is 7.30. The van der Waals surface area contributed by atoms with Gasteiger partial charge < -0.3 is 18.9 Å². The van der Waals surface area contributed by atoms with E-state index in [2.05, 4.69) is 10.5 Å². The van der Waals surface area contributed by atoms with Gasteiger partial charge in [-0.25, -0.2) is 5.43 Å². The Balaban J connectivity index is 1.79. The molecule has 3 rings (SSSR count). The van der Waals surface area contributed by atoms with Gasteiger partial charge in [-0.05, 0) is 24.3 Å². The van der Waals surface area contributed by atoms with Crippen LogP contribution in [0.5, 0.6) is 23.0 Å². The molecule has 1 aliphatic heterocycles. The third-order valence-electron chi connectivity index (χ3n) is 3.73. The zero-order valence-electron chi connectivity index (χ0n) is 14.4. The summed E-state index contributed by atoms with van der Waals surface area (Å²) in [5.74, 6) is 1.02. The summed E-state index contributed by atoms with van der Waals surface area (Å²) in [6.45, 7) is 0.0987. The molecule has 2 aromatic carbocycles. The summed E-state index contributed by atoms with van der Waals surface area (Å²) in [5, 5.41) is 15.0. The number of amides is 1. The van der Waals surface area contributed by atoms with Crippen molar-refractivity contribution in [2.75, 3.05) is 21.0 Å². The van der Waals surface area contributed by atoms with Crippen molar-refractivity contribution in [3.05, 3.63) is 51.6 Å². The van der Waals surface area contributed by atoms with Gasteiger partial charge in [0.1, 0.15) is 0 Å². The van der Waals surface area contributed by atoms with Crippen LogP contribution in [0.1, 0.15) is 15.9 Å². The van der Waals surface area contributed by atoms with Gasteiger partial charge in [0.2, 0.25) is 6.79 Å². The molecule has 27 heavy (non-hydrogen) atoms. The van der Waals surface area contributed by atoms with Crippen molar-refractivity contribution < 1.29 is 28.7 Å². The second-order valence-corrected chi connectivity index (χ2v) is 5.29. The molecule has 0 unspecified atom stereocenters. The average Bonchev–Trinajstić information content (AvgIpc) is 3.14. The predicted molar refractivity (Wildman–Crippen MR) is 93.8 cm³/mol. The molecule has 140 valence electrons. The molecule has 0 aliphatic carbocycles. The highest BCUT2D eigenvalue weighted by Crippen LogP contribution is 2.34. The Labute approximate surface area is 153 Å². The van der Waals surface area contributed by atoms with Crippen molar-refractivity contribution in [3.8, 4) is 23.0 Å². The summed E-state index contributed by atoms with van der Waals surface area (Å²) in [7, 11) is 2.78. The van der Waals surface area contributed by atoms with Crippen LogP contribution in [0.15, 0.2) is 35.4 Å². The Morgan fingerprint density at radius 1 is 1.19 bits per heavy atom. The number of fused-ring (bicyclic) bond motifs is 1. The van der Waals surface area contributed by atoms with Crippen LogP contribution < -0.4 is 24.4 Å². The van der Waals surface area contributed by atoms with E-state index in [0.717, 1.165) is 6.21 Å². The highest BCUT2D eigenvalue weighted by Gasteiger charge is 2.19. The van der Waals surface area contributed by atoms with Crippen molar-refractivity contribution >= 4 is 17.8 Å². The summed E-state index contributed by atoms with van der Waals surface area (Å²) >= 11 is 0. The topological polar surface area (TPSA) is 122 Å². The molecule has 0 spiro atoms. The number of carbonyl (C=O) groups is 1. The van der Waals surface area contributed by atoms with E-state index in [9.17, 15) is 14.9 Å². The predicted octanol–water partition coefficient (Wildman–Crippen LogP) is 2.10. The lowest BCUT2D eigenvalue weighted by Gasteiger charge is -2.08. The van der Waals surface area contributed by atoms with E-state index in [0.29, 0.717) is 22.8 Å². The summed E-state index contributed by atoms with van der Waals surface area (Å²) < 4.78 is 20.6. The largest absolute Gasteiger partial charge is 0.493 e. The second kappa shape index (κ2) is 7.60. The molecule has 1 heterocycles. The molecule has 1 amide bonds. The van der Waals surface area contributed by atoms with E-state index in [1.54, 1.807) is 12.1 Å². The van der Waals surface area contributed by atoms with Crippen molar-refractivity contribution in [1.82, 2.24) is 5.43 Å². The van der Waals surface area contributed by atoms with Crippen LogP contribution in [-0.4, -0.2) is 38.1 Å². The third-order valence-corrected chi connectivity index (χ3v) is 3.73. The van der Waals surface area contributed by atoms with Gasteiger partial charge in [-0.2, -0.15) is 5.10 Å². The van der Waals surface area contributed by atoms with Crippen LogP contribution in [0.2, 0.25) is 0 Å². The first-order valence-corrected chi connectivity index (χ1v) is 7.67. The molecule has 0 aromatic heterocycles. The lowest BCUT2D eigenvalue weighted by atomic mass is 10.1. The van der Waals surface area contributed by atoms with E-state index in [1.165, 1.54) is 32.4 Å². The lowest BCUT2D eigenvalue weighted by Crippen LogP contribution is -2.17. The Hall–Kier alpha value is -3.82. The van der Waals surface area contributed by atoms with Gasteiger partial charge in [0.05, 0.1) is 37.0 Å². The average molecular weight is 373 g/mol. The zero-order valence-corrected chi connectivity index (χ0v) is 14.4. The minimum Gasteiger partial charge on any atom is -0.493 e. The molecule has 0 radical (unpaired) electrons. The quantitative estimate of drug-likeness (QED) is 0.467. The van der Waals surface area contributed by atoms with Gasteiger partial charge in [0.25, 0.3) is 11.6 Å². The minimum atomic E-state index is -0.580. The number of carbonyl (C=O) groups excluding carboxylic acids is 1. The number of rotatable bonds is 6. The Kier molecular flexibility index (Phi) is 5.06. The first-order chi connectivity index (χ1) is 13.0. The van der Waals surface area contributed by atoms with Crippen molar-refractivity contribution in [2.24, 2.45) is 5.10 Å². The molecule has 10 heteroatoms. The Morgan fingerprint density at radius 2 is 1.89 bits per heavy atom. The third kappa shape index (κ3) is 3.73. The van der Waals surface area contributed by atoms with Gasteiger partial charge in [-0.15, -0.1) is 0 Å². The number of ether oxygens (including phenoxy) is 4. The fraction of sp³-hybridized carbons (Fsp3) is 0.176. The smallest absolute Gasteiger partial charge is 0.282 e. The van der Waals surface area contributed by atoms with Crippen LogP contribution >= 0.6 is 0 Å². The van der Waals surface area contributed by atoms with E-state index in [-0.39, 0.29) is 23.8 Å². The fourth-order valence-electron chi connectivity index (χ4n) is 2.41. The number of benzene rings is 2. The maximum absolute atomic E-state index is 12.2. The molecule has 1 aliphatic rings. The molecule has 0 fully saturated rings. The van der Waals surface area contributed by atoms with Crippen LogP contribution in [0.25, 0.3) is 0 Å². The van der Waals surface area contributed by atoms with E-state index < -0.39 is 10.8 Å². The van der Waals surface area contributed by atoms with Crippen LogP contribution in [0, 0.1) is 10.1 Å². The number of nitrogens with zero attached hydrogens (tertiary/aromatic N) is 2. The molecule has 1 N–H and O–H groups in total. The molecular weight excluding hydrogens is 358 g/mol. The molecule has 2 aromatic rings. The molecule has 0 saturated heterocycles. The van der Waals surface area contributed by atoms with Gasteiger partial charge in [-0.3, -0.25) is 14.9 Å². The SMILES string of the molecule is COc1cc(C=NNC(=O)c2ccc3c(c2)OCO3)c([N+](=O)[O-])cc1OC. The van der Waals surface area contributed by atoms with Crippen molar-refractivity contribution in [1.29, 1.82) is 0 Å². The van der Waals surface area contributed by atoms with Gasteiger partial charge in [0, 0.05) is 5.56 Å². The highest BCUT2D eigenvalue weighted by atomic mass is 16.7. The monoisotopic (exact) mass is 373 g/mol. The molecule has 0 atom stereocenters. The van der Waals surface area contributed by atoms with Crippen LogP contribution in [0.3, 0.4) is 0 Å². The Morgan fingerprint density at radius 3 is 2.59 bits per heavy atom. The first kappa shape index (κ1) is 18.0. The lowest BCUT2D eigenvalue weighted by molar-refractivity contribution is -0.385. The minimum absolute atomic E-state index is 0.0987. The second-order valence-electron chi connectivity index (χ2n) is 5.29. The van der Waals surface area contributed by atoms with Gasteiger partial charge >= 0.3 is 0 Å².